The summed E-state index contributed by atoms with van der Waals surface area (Å²) in [6.07, 6.45) is 11.0. The molecule has 314 valence electrons. The Morgan fingerprint density at radius 3 is 2.54 bits per heavy atom. The van der Waals surface area contributed by atoms with E-state index in [2.05, 4.69) is 20.8 Å². The minimum atomic E-state index is -0.896. The standard InChI is InChI=1S/C43H50F2N6O8/c1-6-31-34(44)13-10-26-19-30(58-25-55-5)20-32(36(26)31)38-37(45)39-33(21-46-38)40(50-22-27-11-12-28(23-50)51(27)42(54)59-43(2,3)4)48-41(47-39)57-24-29-9-7-15-49(29)16-8-17-56-18-14-35(52)53/h1,10,13,19-21,27-29H,7-9,11-12,14-18,22-25H2,2-5H3,(H,52,53)/t27?,28?,29-/m0/s1. The van der Waals surface area contributed by atoms with Crippen LogP contribution < -0.4 is 14.4 Å². The fraction of sp³-hybridized carbons (Fsp3) is 0.512. The lowest BCUT2D eigenvalue weighted by atomic mass is 9.95. The largest absolute Gasteiger partial charge is 0.481 e. The van der Waals surface area contributed by atoms with E-state index in [0.717, 1.165) is 45.2 Å². The number of carboxylic acid groups (broad SMARTS) is 1. The number of nitrogens with zero attached hydrogens (tertiary/aromatic N) is 6. The van der Waals surface area contributed by atoms with Crippen LogP contribution >= 0.6 is 0 Å². The van der Waals surface area contributed by atoms with Gasteiger partial charge in [0.2, 0.25) is 0 Å². The molecule has 2 unspecified atom stereocenters. The number of hydrogen-bond acceptors (Lipinski definition) is 12. The van der Waals surface area contributed by atoms with Crippen molar-refractivity contribution >= 4 is 39.6 Å². The van der Waals surface area contributed by atoms with Gasteiger partial charge in [-0.1, -0.05) is 12.0 Å². The predicted molar refractivity (Wildman–Crippen MR) is 216 cm³/mol. The van der Waals surface area contributed by atoms with E-state index in [0.29, 0.717) is 42.0 Å². The molecule has 0 aliphatic carbocycles. The summed E-state index contributed by atoms with van der Waals surface area (Å²) < 4.78 is 61.0. The Morgan fingerprint density at radius 2 is 1.83 bits per heavy atom. The molecule has 2 aromatic heterocycles. The van der Waals surface area contributed by atoms with Gasteiger partial charge in [0.1, 0.15) is 40.8 Å². The summed E-state index contributed by atoms with van der Waals surface area (Å²) in [4.78, 5) is 44.4. The zero-order chi connectivity index (χ0) is 41.8. The molecule has 3 saturated heterocycles. The summed E-state index contributed by atoms with van der Waals surface area (Å²) >= 11 is 0. The maximum Gasteiger partial charge on any atom is 0.410 e. The molecule has 1 N–H and O–H groups in total. The van der Waals surface area contributed by atoms with Gasteiger partial charge in [0, 0.05) is 56.5 Å². The Bertz CT molecular complexity index is 2230. The molecule has 7 rings (SSSR count). The van der Waals surface area contributed by atoms with Crippen LogP contribution in [0.25, 0.3) is 32.9 Å². The van der Waals surface area contributed by atoms with Crippen molar-refractivity contribution in [2.45, 2.75) is 83.0 Å². The van der Waals surface area contributed by atoms with Crippen LogP contribution in [0.2, 0.25) is 0 Å². The van der Waals surface area contributed by atoms with Gasteiger partial charge in [-0.25, -0.2) is 13.6 Å². The third-order valence-corrected chi connectivity index (χ3v) is 10.9. The number of piperazine rings is 1. The number of rotatable bonds is 15. The van der Waals surface area contributed by atoms with Gasteiger partial charge in [-0.2, -0.15) is 9.97 Å². The number of methoxy groups -OCH3 is 1. The number of carboxylic acids is 1. The average Bonchev–Trinajstić information content (AvgIpc) is 3.76. The number of pyridine rings is 1. The molecule has 3 atom stereocenters. The highest BCUT2D eigenvalue weighted by molar-refractivity contribution is 6.03. The summed E-state index contributed by atoms with van der Waals surface area (Å²) in [7, 11) is 1.48. The van der Waals surface area contributed by atoms with Crippen molar-refractivity contribution in [3.05, 3.63) is 47.7 Å². The zero-order valence-electron chi connectivity index (χ0n) is 33.8. The van der Waals surface area contributed by atoms with E-state index < -0.39 is 23.2 Å². The zero-order valence-corrected chi connectivity index (χ0v) is 33.8. The first kappa shape index (κ1) is 41.8. The number of carbonyl (C=O) groups excluding carboxylic acids is 1. The monoisotopic (exact) mass is 816 g/mol. The minimum absolute atomic E-state index is 0.0216. The lowest BCUT2D eigenvalue weighted by Crippen LogP contribution is -2.57. The number of hydrogen-bond donors (Lipinski definition) is 1. The number of likely N-dealkylation sites (tertiary alicyclic amines) is 1. The highest BCUT2D eigenvalue weighted by atomic mass is 19.1. The molecular formula is C43H50F2N6O8. The van der Waals surface area contributed by atoms with Crippen LogP contribution in [0.15, 0.2) is 30.5 Å². The fourth-order valence-corrected chi connectivity index (χ4v) is 8.34. The molecule has 0 radical (unpaired) electrons. The number of benzene rings is 2. The molecule has 59 heavy (non-hydrogen) atoms. The second-order valence-corrected chi connectivity index (χ2v) is 16.1. The molecule has 5 heterocycles. The molecule has 16 heteroatoms. The molecule has 3 aliphatic rings. The summed E-state index contributed by atoms with van der Waals surface area (Å²) in [5, 5.41) is 10.0. The summed E-state index contributed by atoms with van der Waals surface area (Å²) in [6, 6.07) is 5.73. The van der Waals surface area contributed by atoms with Gasteiger partial charge in [0.25, 0.3) is 0 Å². The van der Waals surface area contributed by atoms with E-state index in [1.165, 1.54) is 19.4 Å². The third kappa shape index (κ3) is 9.27. The van der Waals surface area contributed by atoms with E-state index in [1.54, 1.807) is 18.2 Å². The first-order valence-electron chi connectivity index (χ1n) is 20.0. The van der Waals surface area contributed by atoms with Crippen molar-refractivity contribution in [1.82, 2.24) is 24.8 Å². The van der Waals surface area contributed by atoms with Crippen LogP contribution in [0.5, 0.6) is 11.8 Å². The van der Waals surface area contributed by atoms with E-state index >= 15 is 8.78 Å². The fourth-order valence-electron chi connectivity index (χ4n) is 8.34. The van der Waals surface area contributed by atoms with Gasteiger partial charge in [-0.05, 0) is 83.0 Å². The number of terminal acetylenes is 1. The quantitative estimate of drug-likeness (QED) is 0.0803. The normalized spacial score (nSPS) is 19.4. The second-order valence-electron chi connectivity index (χ2n) is 16.1. The van der Waals surface area contributed by atoms with Gasteiger partial charge in [0.05, 0.1) is 36.1 Å². The number of anilines is 1. The third-order valence-electron chi connectivity index (χ3n) is 10.9. The smallest absolute Gasteiger partial charge is 0.410 e. The summed E-state index contributed by atoms with van der Waals surface area (Å²) in [5.74, 6) is 0.865. The minimum Gasteiger partial charge on any atom is -0.481 e. The SMILES string of the molecule is C#Cc1c(F)ccc2cc(OCOC)cc(-c3ncc4c(N5CC6CCC(C5)N6C(=O)OC(C)(C)C)nc(OC[C@@H]5CCCN5CCCOCCC(=O)O)nc4c3F)c12. The highest BCUT2D eigenvalue weighted by Gasteiger charge is 2.45. The molecule has 14 nitrogen and oxygen atoms in total. The van der Waals surface area contributed by atoms with Gasteiger partial charge < -0.3 is 33.7 Å². The maximum atomic E-state index is 17.3. The Kier molecular flexibility index (Phi) is 12.6. The van der Waals surface area contributed by atoms with Crippen molar-refractivity contribution in [2.75, 3.05) is 64.8 Å². The van der Waals surface area contributed by atoms with Crippen LogP contribution in [0.4, 0.5) is 19.4 Å². The van der Waals surface area contributed by atoms with E-state index in [9.17, 15) is 9.59 Å². The number of aromatic nitrogens is 3. The van der Waals surface area contributed by atoms with Gasteiger partial charge in [-0.15, -0.1) is 6.42 Å². The first-order valence-corrected chi connectivity index (χ1v) is 20.0. The average molecular weight is 817 g/mol. The molecule has 4 aromatic rings. The predicted octanol–water partition coefficient (Wildman–Crippen LogP) is 6.40. The van der Waals surface area contributed by atoms with E-state index in [4.69, 9.17) is 40.2 Å². The topological polar surface area (TPSA) is 149 Å². The molecule has 2 bridgehead atoms. The molecule has 3 aliphatic heterocycles. The second kappa shape index (κ2) is 17.9. The van der Waals surface area contributed by atoms with Crippen molar-refractivity contribution in [3.8, 4) is 35.4 Å². The number of amides is 1. The van der Waals surface area contributed by atoms with Gasteiger partial charge in [0.15, 0.2) is 12.6 Å². The van der Waals surface area contributed by atoms with Crippen molar-refractivity contribution in [1.29, 1.82) is 0 Å². The van der Waals surface area contributed by atoms with E-state index in [-0.39, 0.29) is 84.4 Å². The molecular weight excluding hydrogens is 767 g/mol. The Hall–Kier alpha value is -5.37. The van der Waals surface area contributed by atoms with Crippen LogP contribution in [-0.4, -0.2) is 126 Å². The molecule has 0 spiro atoms. The van der Waals surface area contributed by atoms with Crippen LogP contribution in [-0.2, 0) is 19.0 Å². The molecule has 3 fully saturated rings. The lowest BCUT2D eigenvalue weighted by Gasteiger charge is -2.42. The van der Waals surface area contributed by atoms with Gasteiger partial charge >= 0.3 is 18.1 Å². The Balaban J connectivity index is 1.24. The number of fused-ring (bicyclic) bond motifs is 4. The van der Waals surface area contributed by atoms with Crippen LogP contribution in [0.3, 0.4) is 0 Å². The first-order chi connectivity index (χ1) is 28.3. The highest BCUT2D eigenvalue weighted by Crippen LogP contribution is 2.41. The van der Waals surface area contributed by atoms with Crippen LogP contribution in [0, 0.1) is 24.0 Å². The number of ether oxygens (including phenoxy) is 5. The van der Waals surface area contributed by atoms with Crippen molar-refractivity contribution in [2.24, 2.45) is 0 Å². The summed E-state index contributed by atoms with van der Waals surface area (Å²) in [5.41, 5.74) is -0.655. The molecule has 1 amide bonds. The van der Waals surface area contributed by atoms with Gasteiger partial charge in [-0.3, -0.25) is 19.6 Å². The Labute approximate surface area is 341 Å². The Morgan fingerprint density at radius 1 is 1.05 bits per heavy atom. The van der Waals surface area contributed by atoms with Crippen molar-refractivity contribution < 1.29 is 47.2 Å². The number of halogens is 2. The lowest BCUT2D eigenvalue weighted by molar-refractivity contribution is -0.138. The maximum absolute atomic E-state index is 17.3. The number of carbonyl (C=O) groups is 2. The molecule has 2 aromatic carbocycles. The van der Waals surface area contributed by atoms with Crippen molar-refractivity contribution in [3.63, 3.8) is 0 Å². The molecule has 0 saturated carbocycles. The van der Waals surface area contributed by atoms with E-state index in [1.807, 2.05) is 30.6 Å². The number of aliphatic carboxylic acids is 1. The summed E-state index contributed by atoms with van der Waals surface area (Å²) in [6.45, 7) is 8.74. The van der Waals surface area contributed by atoms with Crippen LogP contribution in [0.1, 0.15) is 64.9 Å².